The summed E-state index contributed by atoms with van der Waals surface area (Å²) < 4.78 is 10.7. The molecule has 24 heavy (non-hydrogen) atoms. The predicted molar refractivity (Wildman–Crippen MR) is 85.3 cm³/mol. The van der Waals surface area contributed by atoms with Gasteiger partial charge in [-0.1, -0.05) is 0 Å². The minimum atomic E-state index is -0.618. The average molecular weight is 328 g/mol. The molecule has 0 radical (unpaired) electrons. The summed E-state index contributed by atoms with van der Waals surface area (Å²) in [6.45, 7) is 3.58. The SMILES string of the molecule is CCOC(=O)C1=C(C)Oc2nc(=O)[nH]c(N)c2[C@H]1c1ccncc1. The Labute approximate surface area is 137 Å². The molecule has 0 unspecified atom stereocenters. The smallest absolute Gasteiger partial charge is 0.349 e. The van der Waals surface area contributed by atoms with Crippen molar-refractivity contribution in [2.24, 2.45) is 0 Å². The van der Waals surface area contributed by atoms with Crippen LogP contribution in [0.3, 0.4) is 0 Å². The van der Waals surface area contributed by atoms with Crippen LogP contribution >= 0.6 is 0 Å². The Morgan fingerprint density at radius 3 is 2.79 bits per heavy atom. The number of hydrogen-bond acceptors (Lipinski definition) is 7. The Bertz CT molecular complexity index is 873. The van der Waals surface area contributed by atoms with E-state index in [0.717, 1.165) is 5.56 Å². The van der Waals surface area contributed by atoms with E-state index in [2.05, 4.69) is 15.0 Å². The molecule has 0 amide bonds. The molecular weight excluding hydrogens is 312 g/mol. The maximum atomic E-state index is 12.5. The number of hydrogen-bond donors (Lipinski definition) is 2. The highest BCUT2D eigenvalue weighted by Crippen LogP contribution is 2.43. The lowest BCUT2D eigenvalue weighted by Crippen LogP contribution is -2.27. The minimum Gasteiger partial charge on any atom is -0.463 e. The van der Waals surface area contributed by atoms with Gasteiger partial charge in [-0.25, -0.2) is 9.59 Å². The normalized spacial score (nSPS) is 16.3. The van der Waals surface area contributed by atoms with Gasteiger partial charge in [-0.05, 0) is 31.5 Å². The second-order valence-electron chi connectivity index (χ2n) is 5.18. The van der Waals surface area contributed by atoms with Crippen molar-refractivity contribution in [3.05, 3.63) is 57.5 Å². The molecule has 8 heteroatoms. The summed E-state index contributed by atoms with van der Waals surface area (Å²) in [5.74, 6) is -0.571. The van der Waals surface area contributed by atoms with Gasteiger partial charge in [0, 0.05) is 12.4 Å². The molecule has 0 aliphatic carbocycles. The van der Waals surface area contributed by atoms with Gasteiger partial charge < -0.3 is 15.2 Å². The van der Waals surface area contributed by atoms with Crippen molar-refractivity contribution in [2.75, 3.05) is 12.3 Å². The molecule has 0 spiro atoms. The van der Waals surface area contributed by atoms with Gasteiger partial charge in [-0.15, -0.1) is 0 Å². The number of pyridine rings is 1. The van der Waals surface area contributed by atoms with Gasteiger partial charge in [-0.3, -0.25) is 9.97 Å². The highest BCUT2D eigenvalue weighted by Gasteiger charge is 2.37. The summed E-state index contributed by atoms with van der Waals surface area (Å²) in [7, 11) is 0. The first-order chi connectivity index (χ1) is 11.5. The number of carbonyl (C=O) groups is 1. The number of aromatic amines is 1. The fourth-order valence-electron chi connectivity index (χ4n) is 2.74. The van der Waals surface area contributed by atoms with E-state index < -0.39 is 17.6 Å². The molecule has 1 aliphatic rings. The van der Waals surface area contributed by atoms with E-state index in [9.17, 15) is 9.59 Å². The van der Waals surface area contributed by atoms with Crippen molar-refractivity contribution in [2.45, 2.75) is 19.8 Å². The molecule has 3 N–H and O–H groups in total. The van der Waals surface area contributed by atoms with Crippen LogP contribution in [0.1, 0.15) is 30.9 Å². The summed E-state index contributed by atoms with van der Waals surface area (Å²) in [6, 6.07) is 3.52. The Hall–Kier alpha value is -3.16. The van der Waals surface area contributed by atoms with E-state index >= 15 is 0 Å². The number of ether oxygens (including phenoxy) is 2. The van der Waals surface area contributed by atoms with Crippen molar-refractivity contribution < 1.29 is 14.3 Å². The molecule has 2 aromatic rings. The number of rotatable bonds is 3. The van der Waals surface area contributed by atoms with Crippen LogP contribution in [0.4, 0.5) is 5.82 Å². The van der Waals surface area contributed by atoms with Crippen molar-refractivity contribution in [1.29, 1.82) is 0 Å². The molecule has 124 valence electrons. The van der Waals surface area contributed by atoms with Crippen LogP contribution in [0.2, 0.25) is 0 Å². The average Bonchev–Trinajstić information content (AvgIpc) is 2.54. The van der Waals surface area contributed by atoms with Crippen LogP contribution in [0, 0.1) is 0 Å². The zero-order valence-corrected chi connectivity index (χ0v) is 13.2. The molecule has 0 saturated heterocycles. The van der Waals surface area contributed by atoms with Gasteiger partial charge in [0.2, 0.25) is 5.88 Å². The molecule has 0 saturated carbocycles. The Morgan fingerprint density at radius 1 is 1.42 bits per heavy atom. The summed E-state index contributed by atoms with van der Waals surface area (Å²) in [5, 5.41) is 0. The zero-order chi connectivity index (χ0) is 17.3. The molecule has 0 fully saturated rings. The van der Waals surface area contributed by atoms with Gasteiger partial charge in [0.05, 0.1) is 23.7 Å². The lowest BCUT2D eigenvalue weighted by molar-refractivity contribution is -0.139. The standard InChI is InChI=1S/C16H16N4O4/c1-3-23-15(21)10-8(2)24-14-12(13(17)19-16(22)20-14)11(10)9-4-6-18-7-5-9/h4-7,11H,3H2,1-2H3,(H3,17,19,20,22)/t11-/m0/s1. The molecular formula is C16H16N4O4. The number of H-pyrrole nitrogens is 1. The van der Waals surface area contributed by atoms with Crippen LogP contribution in [-0.4, -0.2) is 27.5 Å². The number of aromatic nitrogens is 3. The lowest BCUT2D eigenvalue weighted by atomic mass is 9.83. The summed E-state index contributed by atoms with van der Waals surface area (Å²) >= 11 is 0. The van der Waals surface area contributed by atoms with E-state index in [1.165, 1.54) is 0 Å². The van der Waals surface area contributed by atoms with Crippen LogP contribution < -0.4 is 16.2 Å². The highest BCUT2D eigenvalue weighted by atomic mass is 16.5. The number of carbonyl (C=O) groups excluding carboxylic acids is 1. The summed E-state index contributed by atoms with van der Waals surface area (Å²) in [6.07, 6.45) is 3.22. The number of anilines is 1. The molecule has 1 aliphatic heterocycles. The second kappa shape index (κ2) is 6.15. The predicted octanol–water partition coefficient (Wildman–Crippen LogP) is 1.11. The summed E-state index contributed by atoms with van der Waals surface area (Å²) in [4.78, 5) is 34.3. The third kappa shape index (κ3) is 2.62. The van der Waals surface area contributed by atoms with Crippen LogP contribution in [-0.2, 0) is 9.53 Å². The third-order valence-corrected chi connectivity index (χ3v) is 3.71. The molecule has 0 bridgehead atoms. The van der Waals surface area contributed by atoms with Crippen molar-refractivity contribution in [1.82, 2.24) is 15.0 Å². The first kappa shape index (κ1) is 15.7. The first-order valence-corrected chi connectivity index (χ1v) is 7.38. The fraction of sp³-hybridized carbons (Fsp3) is 0.250. The van der Waals surface area contributed by atoms with E-state index in [-0.39, 0.29) is 18.3 Å². The van der Waals surface area contributed by atoms with E-state index in [1.54, 1.807) is 38.4 Å². The molecule has 8 nitrogen and oxygen atoms in total. The summed E-state index contributed by atoms with van der Waals surface area (Å²) in [5.41, 5.74) is 6.87. The Balaban J connectivity index is 2.26. The largest absolute Gasteiger partial charge is 0.463 e. The number of nitrogens with two attached hydrogens (primary N) is 1. The monoisotopic (exact) mass is 328 g/mol. The number of allylic oxidation sites excluding steroid dienone is 1. The molecule has 3 rings (SSSR count). The highest BCUT2D eigenvalue weighted by molar-refractivity contribution is 5.93. The number of nitrogens with zero attached hydrogens (tertiary/aromatic N) is 2. The molecule has 0 aromatic carbocycles. The lowest BCUT2D eigenvalue weighted by Gasteiger charge is -2.28. The Kier molecular flexibility index (Phi) is 4.03. The topological polar surface area (TPSA) is 120 Å². The molecule has 1 atom stereocenters. The quantitative estimate of drug-likeness (QED) is 0.810. The maximum absolute atomic E-state index is 12.5. The van der Waals surface area contributed by atoms with E-state index in [0.29, 0.717) is 16.9 Å². The second-order valence-corrected chi connectivity index (χ2v) is 5.18. The number of nitrogen functional groups attached to an aromatic ring is 1. The van der Waals surface area contributed by atoms with Gasteiger partial charge in [0.1, 0.15) is 11.6 Å². The maximum Gasteiger partial charge on any atom is 0.349 e. The minimum absolute atomic E-state index is 0.0867. The van der Waals surface area contributed by atoms with Crippen molar-refractivity contribution >= 4 is 11.8 Å². The number of esters is 1. The fourth-order valence-corrected chi connectivity index (χ4v) is 2.74. The molecule has 2 aromatic heterocycles. The van der Waals surface area contributed by atoms with Gasteiger partial charge in [0.15, 0.2) is 0 Å². The van der Waals surface area contributed by atoms with Crippen LogP contribution in [0.15, 0.2) is 40.7 Å². The third-order valence-electron chi connectivity index (χ3n) is 3.71. The van der Waals surface area contributed by atoms with Gasteiger partial charge >= 0.3 is 11.7 Å². The van der Waals surface area contributed by atoms with Crippen LogP contribution in [0.25, 0.3) is 0 Å². The molecule has 3 heterocycles. The van der Waals surface area contributed by atoms with Gasteiger partial charge in [-0.2, -0.15) is 4.98 Å². The number of fused-ring (bicyclic) bond motifs is 1. The number of nitrogens with one attached hydrogen (secondary N) is 1. The van der Waals surface area contributed by atoms with E-state index in [1.807, 2.05) is 0 Å². The van der Waals surface area contributed by atoms with E-state index in [4.69, 9.17) is 15.2 Å². The van der Waals surface area contributed by atoms with Gasteiger partial charge in [0.25, 0.3) is 0 Å². The van der Waals surface area contributed by atoms with Crippen molar-refractivity contribution in [3.8, 4) is 5.88 Å². The first-order valence-electron chi connectivity index (χ1n) is 7.38. The van der Waals surface area contributed by atoms with Crippen LogP contribution in [0.5, 0.6) is 5.88 Å². The zero-order valence-electron chi connectivity index (χ0n) is 13.2. The Morgan fingerprint density at radius 2 is 2.12 bits per heavy atom. The van der Waals surface area contributed by atoms with Crippen molar-refractivity contribution in [3.63, 3.8) is 0 Å².